The van der Waals surface area contributed by atoms with E-state index in [2.05, 4.69) is 4.72 Å². The van der Waals surface area contributed by atoms with Gasteiger partial charge in [0, 0.05) is 29.0 Å². The number of phenols is 1. The van der Waals surface area contributed by atoms with Crippen molar-refractivity contribution >= 4 is 42.3 Å². The van der Waals surface area contributed by atoms with Crippen molar-refractivity contribution in [1.29, 1.82) is 0 Å². The summed E-state index contributed by atoms with van der Waals surface area (Å²) in [6, 6.07) is 10.4. The number of sulfonamides is 1. The second-order valence-corrected chi connectivity index (χ2v) is 8.66. The number of nitrogens with zero attached hydrogens (tertiary/aromatic N) is 1. The second kappa shape index (κ2) is 6.74. The maximum atomic E-state index is 12.6. The monoisotopic (exact) mass is 423 g/mol. The molecule has 0 spiro atoms. The summed E-state index contributed by atoms with van der Waals surface area (Å²) in [7, 11) is -9.32. The van der Waals surface area contributed by atoms with Crippen LogP contribution in [0.2, 0.25) is 0 Å². The molecule has 0 radical (unpaired) electrons. The van der Waals surface area contributed by atoms with Gasteiger partial charge in [0.05, 0.1) is 20.4 Å². The molecule has 0 aliphatic carbocycles. The average Bonchev–Trinajstić information content (AvgIpc) is 2.63. The summed E-state index contributed by atoms with van der Waals surface area (Å²) in [4.78, 5) is 8.95. The summed E-state index contributed by atoms with van der Waals surface area (Å²) in [5, 5.41) is 20.9. The second-order valence-electron chi connectivity index (χ2n) is 5.63. The van der Waals surface area contributed by atoms with Gasteiger partial charge < -0.3 is 9.66 Å². The zero-order chi connectivity index (χ0) is 20.7. The van der Waals surface area contributed by atoms with Crippen LogP contribution >= 0.6 is 0 Å². The van der Waals surface area contributed by atoms with Gasteiger partial charge in [0.15, 0.2) is 0 Å². The normalized spacial score (nSPS) is 12.0. The molecule has 28 heavy (non-hydrogen) atoms. The predicted octanol–water partition coefficient (Wildman–Crippen LogP) is 2.16. The van der Waals surface area contributed by atoms with Crippen LogP contribution < -0.4 is 4.72 Å². The third kappa shape index (κ3) is 3.60. The van der Waals surface area contributed by atoms with Crippen molar-refractivity contribution < 1.29 is 31.4 Å². The highest BCUT2D eigenvalue weighted by Gasteiger charge is 2.22. The Labute approximate surface area is 159 Å². The minimum atomic E-state index is -4.94. The number of aromatic hydroxyl groups is 1. The minimum absolute atomic E-state index is 0.0362. The number of rotatable bonds is 5. The van der Waals surface area contributed by atoms with Crippen LogP contribution in [-0.2, 0) is 20.1 Å². The molecule has 0 aromatic heterocycles. The number of fused-ring (bicyclic) bond motifs is 1. The van der Waals surface area contributed by atoms with Crippen LogP contribution in [0.1, 0.15) is 0 Å². The lowest BCUT2D eigenvalue weighted by Gasteiger charge is -2.16. The molecule has 3 aromatic carbocycles. The summed E-state index contributed by atoms with van der Waals surface area (Å²) in [5.74, 6) is -0.790. The molecule has 0 aliphatic rings. The average molecular weight is 423 g/mol. The molecule has 0 atom stereocenters. The summed E-state index contributed by atoms with van der Waals surface area (Å²) >= 11 is 0. The van der Waals surface area contributed by atoms with Gasteiger partial charge in [0.1, 0.15) is 15.9 Å². The first-order chi connectivity index (χ1) is 13.0. The molecule has 146 valence electrons. The van der Waals surface area contributed by atoms with Crippen molar-refractivity contribution in [2.24, 2.45) is 0 Å². The van der Waals surface area contributed by atoms with Crippen LogP contribution in [0.4, 0.5) is 11.4 Å². The van der Waals surface area contributed by atoms with Gasteiger partial charge in [-0.3, -0.25) is 14.8 Å². The lowest BCUT2D eigenvalue weighted by molar-refractivity contribution is -0.385. The number of nitro groups is 1. The molecular weight excluding hydrogens is 412 g/mol. The van der Waals surface area contributed by atoms with E-state index < -0.39 is 46.3 Å². The van der Waals surface area contributed by atoms with Crippen molar-refractivity contribution in [3.63, 3.8) is 0 Å². The van der Waals surface area contributed by atoms with Crippen LogP contribution in [0.25, 0.3) is 10.8 Å². The van der Waals surface area contributed by atoms with E-state index in [1.54, 1.807) is 0 Å². The fraction of sp³-hybridized carbons (Fsp3) is 0. The maximum absolute atomic E-state index is 12.6. The van der Waals surface area contributed by atoms with Crippen LogP contribution in [0.15, 0.2) is 64.4 Å². The maximum Gasteiger partial charge on any atom is 0.270 e. The highest BCUT2D eigenvalue weighted by atomic mass is 32.2. The first-order valence-corrected chi connectivity index (χ1v) is 10.4. The summed E-state index contributed by atoms with van der Waals surface area (Å²) in [6.07, 6.45) is 0. The minimum Gasteiger partial charge on any atom is -0.744 e. The molecule has 0 fully saturated rings. The quantitative estimate of drug-likeness (QED) is 0.272. The molecule has 0 saturated carbocycles. The molecule has 10 nitrogen and oxygen atoms in total. The van der Waals surface area contributed by atoms with E-state index in [4.69, 9.17) is 0 Å². The summed E-state index contributed by atoms with van der Waals surface area (Å²) in [6.45, 7) is 0. The molecule has 0 aliphatic heterocycles. The summed E-state index contributed by atoms with van der Waals surface area (Å²) < 4.78 is 61.7. The van der Waals surface area contributed by atoms with Crippen LogP contribution in [0.3, 0.4) is 0 Å². The molecular formula is C16H11N2O8S2-. The molecule has 0 bridgehead atoms. The molecule has 12 heteroatoms. The fourth-order valence-electron chi connectivity index (χ4n) is 2.60. The first kappa shape index (κ1) is 19.5. The smallest absolute Gasteiger partial charge is 0.270 e. The predicted molar refractivity (Wildman–Crippen MR) is 97.5 cm³/mol. The Morgan fingerprint density at radius 3 is 2.18 bits per heavy atom. The molecule has 3 aromatic rings. The van der Waals surface area contributed by atoms with Gasteiger partial charge >= 0.3 is 0 Å². The van der Waals surface area contributed by atoms with Crippen molar-refractivity contribution in [1.82, 2.24) is 0 Å². The van der Waals surface area contributed by atoms with E-state index in [0.717, 1.165) is 18.2 Å². The number of hydrogen-bond donors (Lipinski definition) is 2. The Morgan fingerprint density at radius 1 is 0.929 bits per heavy atom. The van der Waals surface area contributed by atoms with Crippen LogP contribution in [0.5, 0.6) is 5.75 Å². The number of phenolic OH excluding ortho intramolecular Hbond substituents is 1. The van der Waals surface area contributed by atoms with E-state index in [9.17, 15) is 36.6 Å². The number of anilines is 1. The van der Waals surface area contributed by atoms with Gasteiger partial charge in [0.2, 0.25) is 0 Å². The number of nitro benzene ring substituents is 1. The van der Waals surface area contributed by atoms with Crippen molar-refractivity contribution in [3.8, 4) is 5.75 Å². The van der Waals surface area contributed by atoms with Gasteiger partial charge in [0.25, 0.3) is 15.7 Å². The molecule has 0 heterocycles. The van der Waals surface area contributed by atoms with E-state index in [0.29, 0.717) is 6.07 Å². The standard InChI is InChI=1S/C16H12N2O8S2/c19-14-9-15(28(24,25)26)12-6-1-2-7-13(12)16(14)17-27(22,23)11-5-3-4-10(8-11)18(20)21/h1-9,17,19H,(H,24,25,26)/p-1. The third-order valence-corrected chi connectivity index (χ3v) is 6.05. The Hall–Kier alpha value is -3.22. The van der Waals surface area contributed by atoms with E-state index in [1.807, 2.05) is 0 Å². The molecule has 0 unspecified atom stereocenters. The van der Waals surface area contributed by atoms with Gasteiger partial charge in [-0.15, -0.1) is 0 Å². The Balaban J connectivity index is 2.19. The van der Waals surface area contributed by atoms with E-state index in [1.165, 1.54) is 30.3 Å². The van der Waals surface area contributed by atoms with Crippen molar-refractivity contribution in [3.05, 3.63) is 64.7 Å². The van der Waals surface area contributed by atoms with E-state index in [-0.39, 0.29) is 16.5 Å². The molecule has 0 amide bonds. The highest BCUT2D eigenvalue weighted by Crippen LogP contribution is 2.38. The Bertz CT molecular complexity index is 1320. The number of hydrogen-bond acceptors (Lipinski definition) is 8. The number of benzene rings is 3. The van der Waals surface area contributed by atoms with Gasteiger partial charge in [-0.2, -0.15) is 0 Å². The van der Waals surface area contributed by atoms with Crippen LogP contribution in [0, 0.1) is 10.1 Å². The number of non-ortho nitro benzene ring substituents is 1. The van der Waals surface area contributed by atoms with E-state index >= 15 is 0 Å². The fourth-order valence-corrected chi connectivity index (χ4v) is 4.44. The Kier molecular flexibility index (Phi) is 4.71. The Morgan fingerprint density at radius 2 is 1.57 bits per heavy atom. The van der Waals surface area contributed by atoms with Crippen LogP contribution in [-0.4, -0.2) is 31.4 Å². The zero-order valence-electron chi connectivity index (χ0n) is 13.8. The summed E-state index contributed by atoms with van der Waals surface area (Å²) in [5.41, 5.74) is -0.820. The molecule has 2 N–H and O–H groups in total. The highest BCUT2D eigenvalue weighted by molar-refractivity contribution is 7.92. The number of nitrogens with one attached hydrogen (secondary N) is 1. The van der Waals surface area contributed by atoms with Gasteiger partial charge in [-0.05, 0) is 6.07 Å². The van der Waals surface area contributed by atoms with Crippen molar-refractivity contribution in [2.75, 3.05) is 4.72 Å². The lowest BCUT2D eigenvalue weighted by Crippen LogP contribution is -2.14. The topological polar surface area (TPSA) is 167 Å². The largest absolute Gasteiger partial charge is 0.744 e. The van der Waals surface area contributed by atoms with Crippen molar-refractivity contribution in [2.45, 2.75) is 9.79 Å². The van der Waals surface area contributed by atoms with Gasteiger partial charge in [-0.25, -0.2) is 16.8 Å². The lowest BCUT2D eigenvalue weighted by atomic mass is 10.1. The molecule has 3 rings (SSSR count). The van der Waals surface area contributed by atoms with Gasteiger partial charge in [-0.1, -0.05) is 30.3 Å². The SMILES string of the molecule is O=[N+]([O-])c1cccc(S(=O)(=O)Nc2c(O)cc(S(=O)(=O)[O-])c3ccccc23)c1. The molecule has 0 saturated heterocycles. The first-order valence-electron chi connectivity index (χ1n) is 7.48. The zero-order valence-corrected chi connectivity index (χ0v) is 15.4. The third-order valence-electron chi connectivity index (χ3n) is 3.83.